The van der Waals surface area contributed by atoms with E-state index in [9.17, 15) is 18.4 Å². The van der Waals surface area contributed by atoms with Crippen molar-refractivity contribution in [3.05, 3.63) is 53.1 Å². The van der Waals surface area contributed by atoms with Crippen molar-refractivity contribution in [2.45, 2.75) is 6.61 Å². The lowest BCUT2D eigenvalue weighted by atomic mass is 10.1. The first kappa shape index (κ1) is 20.0. The van der Waals surface area contributed by atoms with Gasteiger partial charge in [0.2, 0.25) is 0 Å². The minimum Gasteiger partial charge on any atom is -0.497 e. The van der Waals surface area contributed by atoms with Gasteiger partial charge in [0.1, 0.15) is 18.1 Å². The first-order valence-corrected chi connectivity index (χ1v) is 7.61. The summed E-state index contributed by atoms with van der Waals surface area (Å²) in [6.45, 7) is -0.170. The summed E-state index contributed by atoms with van der Waals surface area (Å²) >= 11 is 0. The minimum absolute atomic E-state index is 0.170. The molecular formula is C18H17F2NO6. The Bertz CT molecular complexity index is 856. The molecule has 9 heteroatoms. The fourth-order valence-corrected chi connectivity index (χ4v) is 2.19. The van der Waals surface area contributed by atoms with Gasteiger partial charge in [-0.2, -0.15) is 0 Å². The van der Waals surface area contributed by atoms with Crippen LogP contribution in [0.3, 0.4) is 0 Å². The molecule has 0 unspecified atom stereocenters. The number of hydrogen-bond donors (Lipinski definition) is 1. The standard InChI is InChI=1S/C18H17F2NO6/c1-24-11-5-4-10(16(6-11)25-2)9-27-18(23)21-15-8-14(20)13(19)7-12(15)17(22)26-3/h4-8H,9H2,1-3H3,(H,21,23). The molecule has 0 saturated heterocycles. The maximum atomic E-state index is 13.5. The second-order valence-electron chi connectivity index (χ2n) is 5.18. The number of benzene rings is 2. The molecule has 0 fully saturated rings. The normalized spacial score (nSPS) is 10.1. The molecule has 0 spiro atoms. The smallest absolute Gasteiger partial charge is 0.411 e. The molecule has 0 saturated carbocycles. The highest BCUT2D eigenvalue weighted by atomic mass is 19.2. The molecule has 0 atom stereocenters. The van der Waals surface area contributed by atoms with Crippen LogP contribution in [0.4, 0.5) is 19.3 Å². The number of amides is 1. The zero-order valence-corrected chi connectivity index (χ0v) is 14.8. The highest BCUT2D eigenvalue weighted by Crippen LogP contribution is 2.26. The minimum atomic E-state index is -1.25. The van der Waals surface area contributed by atoms with E-state index in [-0.39, 0.29) is 17.9 Å². The fraction of sp³-hybridized carbons (Fsp3) is 0.222. The van der Waals surface area contributed by atoms with E-state index >= 15 is 0 Å². The Kier molecular flexibility index (Phi) is 6.53. The molecule has 0 heterocycles. The van der Waals surface area contributed by atoms with Gasteiger partial charge in [0.25, 0.3) is 0 Å². The van der Waals surface area contributed by atoms with Crippen LogP contribution in [0.1, 0.15) is 15.9 Å². The summed E-state index contributed by atoms with van der Waals surface area (Å²) < 4.78 is 46.6. The first-order valence-electron chi connectivity index (χ1n) is 7.61. The second-order valence-corrected chi connectivity index (χ2v) is 5.18. The summed E-state index contributed by atoms with van der Waals surface area (Å²) in [6.07, 6.45) is -0.982. The highest BCUT2D eigenvalue weighted by Gasteiger charge is 2.19. The van der Waals surface area contributed by atoms with Crippen molar-refractivity contribution >= 4 is 17.7 Å². The van der Waals surface area contributed by atoms with Crippen molar-refractivity contribution < 1.29 is 37.3 Å². The van der Waals surface area contributed by atoms with Gasteiger partial charge in [-0.15, -0.1) is 0 Å². The lowest BCUT2D eigenvalue weighted by molar-refractivity contribution is 0.0601. The molecule has 2 aromatic carbocycles. The number of nitrogens with one attached hydrogen (secondary N) is 1. The number of esters is 1. The summed E-state index contributed by atoms with van der Waals surface area (Å²) in [5, 5.41) is 2.19. The zero-order valence-electron chi connectivity index (χ0n) is 14.8. The monoisotopic (exact) mass is 381 g/mol. The van der Waals surface area contributed by atoms with Crippen molar-refractivity contribution in [1.82, 2.24) is 0 Å². The number of carbonyl (C=O) groups is 2. The zero-order chi connectivity index (χ0) is 20.0. The van der Waals surface area contributed by atoms with E-state index in [0.717, 1.165) is 7.11 Å². The van der Waals surface area contributed by atoms with Crippen LogP contribution in [0.5, 0.6) is 11.5 Å². The van der Waals surface area contributed by atoms with Gasteiger partial charge in [-0.3, -0.25) is 5.32 Å². The van der Waals surface area contributed by atoms with Crippen molar-refractivity contribution in [3.8, 4) is 11.5 Å². The number of hydrogen-bond acceptors (Lipinski definition) is 6. The topological polar surface area (TPSA) is 83.1 Å². The Morgan fingerprint density at radius 3 is 2.33 bits per heavy atom. The van der Waals surface area contributed by atoms with Crippen molar-refractivity contribution in [3.63, 3.8) is 0 Å². The molecule has 1 N–H and O–H groups in total. The third-order valence-electron chi connectivity index (χ3n) is 3.56. The molecule has 7 nitrogen and oxygen atoms in total. The number of halogens is 2. The number of carbonyl (C=O) groups excluding carboxylic acids is 2. The lowest BCUT2D eigenvalue weighted by Crippen LogP contribution is -2.17. The van der Waals surface area contributed by atoms with Gasteiger partial charge in [-0.1, -0.05) is 0 Å². The van der Waals surface area contributed by atoms with E-state index < -0.39 is 23.7 Å². The van der Waals surface area contributed by atoms with Crippen LogP contribution >= 0.6 is 0 Å². The van der Waals surface area contributed by atoms with Crippen molar-refractivity contribution in [2.75, 3.05) is 26.6 Å². The van der Waals surface area contributed by atoms with Crippen LogP contribution in [0.25, 0.3) is 0 Å². The number of anilines is 1. The summed E-state index contributed by atoms with van der Waals surface area (Å²) in [5.41, 5.74) is -0.0882. The molecule has 1 amide bonds. The Morgan fingerprint density at radius 1 is 1.00 bits per heavy atom. The molecule has 27 heavy (non-hydrogen) atoms. The maximum Gasteiger partial charge on any atom is 0.411 e. The van der Waals surface area contributed by atoms with Crippen molar-refractivity contribution in [1.29, 1.82) is 0 Å². The average Bonchev–Trinajstić information content (AvgIpc) is 2.68. The number of rotatable bonds is 6. The van der Waals surface area contributed by atoms with E-state index in [4.69, 9.17) is 14.2 Å². The SMILES string of the molecule is COC(=O)c1cc(F)c(F)cc1NC(=O)OCc1ccc(OC)cc1OC. The molecule has 0 radical (unpaired) electrons. The molecule has 144 valence electrons. The molecule has 2 rings (SSSR count). The Labute approximate surface area is 153 Å². The van der Waals surface area contributed by atoms with Gasteiger partial charge in [-0.25, -0.2) is 18.4 Å². The third-order valence-corrected chi connectivity index (χ3v) is 3.56. The molecule has 0 aliphatic carbocycles. The maximum absolute atomic E-state index is 13.5. The van der Waals surface area contributed by atoms with Gasteiger partial charge < -0.3 is 18.9 Å². The highest BCUT2D eigenvalue weighted by molar-refractivity contribution is 5.99. The van der Waals surface area contributed by atoms with E-state index in [1.807, 2.05) is 0 Å². The molecule has 0 aliphatic rings. The Hall–Kier alpha value is -3.36. The van der Waals surface area contributed by atoms with Gasteiger partial charge in [0.15, 0.2) is 11.6 Å². The first-order chi connectivity index (χ1) is 12.9. The van der Waals surface area contributed by atoms with Crippen LogP contribution in [-0.4, -0.2) is 33.4 Å². The number of methoxy groups -OCH3 is 3. The molecular weight excluding hydrogens is 364 g/mol. The third kappa shape index (κ3) is 4.84. The predicted molar refractivity (Wildman–Crippen MR) is 91.1 cm³/mol. The number of ether oxygens (including phenoxy) is 4. The van der Waals surface area contributed by atoms with Crippen LogP contribution in [0.2, 0.25) is 0 Å². The van der Waals surface area contributed by atoms with Crippen molar-refractivity contribution in [2.24, 2.45) is 0 Å². The van der Waals surface area contributed by atoms with Gasteiger partial charge >= 0.3 is 12.1 Å². The molecule has 0 aliphatic heterocycles. The van der Waals surface area contributed by atoms with Gasteiger partial charge in [0, 0.05) is 17.7 Å². The van der Waals surface area contributed by atoms with E-state index in [1.165, 1.54) is 14.2 Å². The second kappa shape index (κ2) is 8.84. The largest absolute Gasteiger partial charge is 0.497 e. The predicted octanol–water partition coefficient (Wildman–Crippen LogP) is 3.52. The lowest BCUT2D eigenvalue weighted by Gasteiger charge is -2.13. The van der Waals surface area contributed by atoms with Gasteiger partial charge in [0.05, 0.1) is 32.6 Å². The van der Waals surface area contributed by atoms with Crippen LogP contribution < -0.4 is 14.8 Å². The summed E-state index contributed by atoms with van der Waals surface area (Å²) in [7, 11) is 4.02. The van der Waals surface area contributed by atoms with Gasteiger partial charge in [-0.05, 0) is 18.2 Å². The summed E-state index contributed by atoms with van der Waals surface area (Å²) in [4.78, 5) is 23.7. The molecule has 0 aromatic heterocycles. The van der Waals surface area contributed by atoms with E-state index in [0.29, 0.717) is 29.2 Å². The quantitative estimate of drug-likeness (QED) is 0.771. The molecule has 2 aromatic rings. The molecule has 0 bridgehead atoms. The van der Waals surface area contributed by atoms with Crippen LogP contribution in [0, 0.1) is 11.6 Å². The average molecular weight is 381 g/mol. The van der Waals surface area contributed by atoms with Crippen LogP contribution in [0.15, 0.2) is 30.3 Å². The summed E-state index contributed by atoms with van der Waals surface area (Å²) in [5.74, 6) is -2.44. The Balaban J connectivity index is 2.13. The Morgan fingerprint density at radius 2 is 1.70 bits per heavy atom. The summed E-state index contributed by atoms with van der Waals surface area (Å²) in [6, 6.07) is 6.20. The van der Waals surface area contributed by atoms with E-state index in [1.54, 1.807) is 18.2 Å². The van der Waals surface area contributed by atoms with E-state index in [2.05, 4.69) is 10.1 Å². The van der Waals surface area contributed by atoms with Crippen LogP contribution in [-0.2, 0) is 16.1 Å². The fourth-order valence-electron chi connectivity index (χ4n) is 2.19.